The second-order valence-electron chi connectivity index (χ2n) is 12.8. The number of hydrogen-bond acceptors (Lipinski definition) is 6. The lowest BCUT2D eigenvalue weighted by Gasteiger charge is -2.39. The first-order chi connectivity index (χ1) is 22.0. The zero-order valence-electron chi connectivity index (χ0n) is 26.6. The number of nitrogens with zero attached hydrogens (tertiary/aromatic N) is 3. The molecule has 2 saturated heterocycles. The van der Waals surface area contributed by atoms with Gasteiger partial charge in [-0.25, -0.2) is 0 Å². The fourth-order valence-corrected chi connectivity index (χ4v) is 7.21. The molecule has 0 aliphatic carbocycles. The second kappa shape index (κ2) is 14.5. The molecule has 45 heavy (non-hydrogen) atoms. The van der Waals surface area contributed by atoms with E-state index in [4.69, 9.17) is 4.74 Å². The number of piperidine rings is 2. The van der Waals surface area contributed by atoms with Crippen molar-refractivity contribution in [3.05, 3.63) is 107 Å². The number of benzene rings is 3. The summed E-state index contributed by atoms with van der Waals surface area (Å²) >= 11 is 0. The Kier molecular flexibility index (Phi) is 10.1. The Bertz CT molecular complexity index is 1560. The van der Waals surface area contributed by atoms with E-state index in [0.717, 1.165) is 91.6 Å². The van der Waals surface area contributed by atoms with Gasteiger partial charge in [-0.1, -0.05) is 54.6 Å². The SMILES string of the molecule is COc1ccc2nccc([C@@H](O)CN3CCC(NC(=O)C(c4ccccc4C)N4CCC(Cc5ccccc5)CC4)CC3)c2c1. The maximum Gasteiger partial charge on any atom is 0.242 e. The molecule has 236 valence electrons. The van der Waals surface area contributed by atoms with E-state index in [9.17, 15) is 9.90 Å². The molecule has 2 aliphatic rings. The fourth-order valence-electron chi connectivity index (χ4n) is 7.21. The molecule has 1 amide bonds. The highest BCUT2D eigenvalue weighted by atomic mass is 16.5. The maximum atomic E-state index is 14.0. The molecule has 0 saturated carbocycles. The van der Waals surface area contributed by atoms with Gasteiger partial charge in [0.2, 0.25) is 5.91 Å². The first kappa shape index (κ1) is 31.2. The van der Waals surface area contributed by atoms with Crippen molar-refractivity contribution >= 4 is 16.8 Å². The van der Waals surface area contributed by atoms with Crippen LogP contribution in [-0.2, 0) is 11.2 Å². The number of likely N-dealkylation sites (tertiary alicyclic amines) is 2. The van der Waals surface area contributed by atoms with E-state index in [0.29, 0.717) is 12.5 Å². The van der Waals surface area contributed by atoms with Gasteiger partial charge in [-0.15, -0.1) is 0 Å². The zero-order chi connectivity index (χ0) is 31.2. The Balaban J connectivity index is 1.06. The lowest BCUT2D eigenvalue weighted by Crippen LogP contribution is -2.50. The summed E-state index contributed by atoms with van der Waals surface area (Å²) in [5, 5.41) is 15.6. The molecule has 3 aromatic carbocycles. The highest BCUT2D eigenvalue weighted by Gasteiger charge is 2.34. The highest BCUT2D eigenvalue weighted by molar-refractivity contribution is 5.84. The third-order valence-corrected chi connectivity index (χ3v) is 9.82. The van der Waals surface area contributed by atoms with Gasteiger partial charge in [0.15, 0.2) is 0 Å². The number of nitrogens with one attached hydrogen (secondary N) is 1. The summed E-state index contributed by atoms with van der Waals surface area (Å²) in [6.07, 6.45) is 6.16. The van der Waals surface area contributed by atoms with Crippen LogP contribution in [0.2, 0.25) is 0 Å². The number of pyridine rings is 1. The van der Waals surface area contributed by atoms with Crippen molar-refractivity contribution in [2.75, 3.05) is 39.8 Å². The number of carbonyl (C=O) groups is 1. The standard InChI is InChI=1S/C38H46N4O3/c1-27-8-6-7-11-32(27)37(42-22-15-29(16-23-42)24-28-9-4-3-5-10-28)38(44)40-30-17-20-41(21-18-30)26-36(43)33-14-19-39-35-13-12-31(45-2)25-34(33)35/h3-14,19,25,29-30,36-37,43H,15-18,20-24,26H2,1-2H3,(H,40,44)/t36-,37?/m0/s1. The van der Waals surface area contributed by atoms with Gasteiger partial charge in [0.1, 0.15) is 11.8 Å². The molecule has 7 heteroatoms. The zero-order valence-corrected chi connectivity index (χ0v) is 26.6. The van der Waals surface area contributed by atoms with Gasteiger partial charge in [0.25, 0.3) is 0 Å². The lowest BCUT2D eigenvalue weighted by atomic mass is 9.88. The van der Waals surface area contributed by atoms with Crippen LogP contribution in [0.1, 0.15) is 60.1 Å². The van der Waals surface area contributed by atoms with Crippen molar-refractivity contribution in [3.8, 4) is 5.75 Å². The molecule has 2 atom stereocenters. The minimum Gasteiger partial charge on any atom is -0.497 e. The molecular weight excluding hydrogens is 560 g/mol. The van der Waals surface area contributed by atoms with E-state index in [-0.39, 0.29) is 18.0 Å². The fraction of sp³-hybridized carbons (Fsp3) is 0.421. The Hall–Kier alpha value is -3.78. The number of carbonyl (C=O) groups excluding carboxylic acids is 1. The molecule has 6 rings (SSSR count). The Morgan fingerprint density at radius 3 is 2.40 bits per heavy atom. The number of β-amino-alcohol motifs (C(OH)–C–C–N with tert-alkyl or cyclic N) is 1. The van der Waals surface area contributed by atoms with Crippen LogP contribution in [0.15, 0.2) is 85.1 Å². The second-order valence-corrected chi connectivity index (χ2v) is 12.8. The van der Waals surface area contributed by atoms with Gasteiger partial charge < -0.3 is 20.1 Å². The molecule has 2 N–H and O–H groups in total. The number of hydrogen-bond donors (Lipinski definition) is 2. The van der Waals surface area contributed by atoms with E-state index in [2.05, 4.69) is 81.6 Å². The van der Waals surface area contributed by atoms with Crippen LogP contribution in [0.25, 0.3) is 10.9 Å². The summed E-state index contributed by atoms with van der Waals surface area (Å²) < 4.78 is 5.41. The minimum absolute atomic E-state index is 0.112. The Morgan fingerprint density at radius 2 is 1.67 bits per heavy atom. The van der Waals surface area contributed by atoms with Gasteiger partial charge in [0.05, 0.1) is 18.7 Å². The van der Waals surface area contributed by atoms with Gasteiger partial charge in [-0.2, -0.15) is 0 Å². The number of methoxy groups -OCH3 is 1. The number of aliphatic hydroxyl groups excluding tert-OH is 1. The quantitative estimate of drug-likeness (QED) is 0.236. The highest BCUT2D eigenvalue weighted by Crippen LogP contribution is 2.32. The van der Waals surface area contributed by atoms with Crippen LogP contribution in [0.5, 0.6) is 5.75 Å². The van der Waals surface area contributed by atoms with Crippen LogP contribution in [0.3, 0.4) is 0 Å². The molecule has 4 aromatic rings. The molecule has 2 aliphatic heterocycles. The monoisotopic (exact) mass is 606 g/mol. The summed E-state index contributed by atoms with van der Waals surface area (Å²) in [6.45, 7) is 6.17. The number of rotatable bonds is 10. The number of ether oxygens (including phenoxy) is 1. The van der Waals surface area contributed by atoms with E-state index < -0.39 is 6.10 Å². The molecule has 3 heterocycles. The van der Waals surface area contributed by atoms with Gasteiger partial charge >= 0.3 is 0 Å². The molecule has 1 aromatic heterocycles. The smallest absolute Gasteiger partial charge is 0.242 e. The van der Waals surface area contributed by atoms with Crippen LogP contribution >= 0.6 is 0 Å². The van der Waals surface area contributed by atoms with Gasteiger partial charge in [-0.05, 0) is 105 Å². The predicted molar refractivity (Wildman–Crippen MR) is 179 cm³/mol. The number of amides is 1. The summed E-state index contributed by atoms with van der Waals surface area (Å²) in [7, 11) is 1.65. The summed E-state index contributed by atoms with van der Waals surface area (Å²) in [5.74, 6) is 1.51. The third-order valence-electron chi connectivity index (χ3n) is 9.82. The first-order valence-electron chi connectivity index (χ1n) is 16.5. The van der Waals surface area contributed by atoms with Crippen molar-refractivity contribution in [2.24, 2.45) is 5.92 Å². The van der Waals surface area contributed by atoms with Crippen molar-refractivity contribution in [2.45, 2.75) is 57.2 Å². The molecular formula is C38H46N4O3. The summed E-state index contributed by atoms with van der Waals surface area (Å²) in [4.78, 5) is 23.2. The number of aliphatic hydroxyl groups is 1. The molecule has 0 bridgehead atoms. The number of aromatic nitrogens is 1. The summed E-state index contributed by atoms with van der Waals surface area (Å²) in [5.41, 5.74) is 5.38. The predicted octanol–water partition coefficient (Wildman–Crippen LogP) is 5.86. The molecule has 7 nitrogen and oxygen atoms in total. The normalized spacial score (nSPS) is 18.5. The Labute approximate surface area is 267 Å². The average molecular weight is 607 g/mol. The molecule has 2 fully saturated rings. The average Bonchev–Trinajstić information content (AvgIpc) is 3.07. The van der Waals surface area contributed by atoms with E-state index >= 15 is 0 Å². The van der Waals surface area contributed by atoms with Gasteiger partial charge in [-0.3, -0.25) is 14.7 Å². The first-order valence-corrected chi connectivity index (χ1v) is 16.5. The van der Waals surface area contributed by atoms with Crippen LogP contribution in [0.4, 0.5) is 0 Å². The largest absolute Gasteiger partial charge is 0.497 e. The van der Waals surface area contributed by atoms with Crippen molar-refractivity contribution in [3.63, 3.8) is 0 Å². The van der Waals surface area contributed by atoms with Crippen LogP contribution in [-0.4, -0.2) is 71.7 Å². The number of aryl methyl sites for hydroxylation is 1. The Morgan fingerprint density at radius 1 is 0.933 bits per heavy atom. The maximum absolute atomic E-state index is 14.0. The lowest BCUT2D eigenvalue weighted by molar-refractivity contribution is -0.128. The third kappa shape index (κ3) is 7.55. The number of fused-ring (bicyclic) bond motifs is 1. The van der Waals surface area contributed by atoms with E-state index in [1.807, 2.05) is 24.3 Å². The van der Waals surface area contributed by atoms with Crippen LogP contribution < -0.4 is 10.1 Å². The van der Waals surface area contributed by atoms with Crippen molar-refractivity contribution < 1.29 is 14.6 Å². The van der Waals surface area contributed by atoms with Crippen molar-refractivity contribution in [1.82, 2.24) is 20.1 Å². The molecule has 0 spiro atoms. The van der Waals surface area contributed by atoms with Crippen molar-refractivity contribution in [1.29, 1.82) is 0 Å². The summed E-state index contributed by atoms with van der Waals surface area (Å²) in [6, 6.07) is 26.6. The van der Waals surface area contributed by atoms with Crippen LogP contribution in [0, 0.1) is 12.8 Å². The topological polar surface area (TPSA) is 77.9 Å². The molecule has 1 unspecified atom stereocenters. The minimum atomic E-state index is -0.635. The molecule has 0 radical (unpaired) electrons. The van der Waals surface area contributed by atoms with E-state index in [1.54, 1.807) is 13.3 Å². The van der Waals surface area contributed by atoms with E-state index in [1.165, 1.54) is 5.56 Å². The van der Waals surface area contributed by atoms with Gasteiger partial charge in [0, 0.05) is 37.3 Å².